The minimum absolute atomic E-state index is 0.0397. The van der Waals surface area contributed by atoms with Crippen LogP contribution in [0.15, 0.2) is 12.3 Å². The average molecular weight is 266 g/mol. The Kier molecular flexibility index (Phi) is 4.16. The van der Waals surface area contributed by atoms with Crippen LogP contribution < -0.4 is 5.32 Å². The van der Waals surface area contributed by atoms with Gasteiger partial charge in [-0.15, -0.1) is 0 Å². The maximum Gasteiger partial charge on any atom is 0.246 e. The van der Waals surface area contributed by atoms with Crippen molar-refractivity contribution in [3.8, 4) is 0 Å². The van der Waals surface area contributed by atoms with Crippen molar-refractivity contribution in [2.75, 3.05) is 26.8 Å². The van der Waals surface area contributed by atoms with E-state index in [2.05, 4.69) is 10.4 Å². The Labute approximate surface area is 111 Å². The topological polar surface area (TPSA) is 76.5 Å². The molecule has 1 aromatic heterocycles. The quantitative estimate of drug-likeness (QED) is 0.749. The molecular weight excluding hydrogens is 248 g/mol. The number of nitrogens with one attached hydrogen (secondary N) is 1. The zero-order chi connectivity index (χ0) is 13.8. The lowest BCUT2D eigenvalue weighted by Gasteiger charge is -2.32. The van der Waals surface area contributed by atoms with Gasteiger partial charge in [-0.25, -0.2) is 0 Å². The van der Waals surface area contributed by atoms with Gasteiger partial charge in [0.2, 0.25) is 11.8 Å². The molecule has 0 bridgehead atoms. The Balaban J connectivity index is 2.11. The number of hydrogen-bond acceptors (Lipinski definition) is 4. The van der Waals surface area contributed by atoms with Crippen LogP contribution >= 0.6 is 0 Å². The molecule has 104 valence electrons. The van der Waals surface area contributed by atoms with Gasteiger partial charge in [-0.3, -0.25) is 14.3 Å². The van der Waals surface area contributed by atoms with E-state index >= 15 is 0 Å². The molecule has 0 saturated carbocycles. The molecule has 0 aliphatic carbocycles. The zero-order valence-electron chi connectivity index (χ0n) is 11.1. The van der Waals surface area contributed by atoms with Crippen molar-refractivity contribution >= 4 is 11.8 Å². The van der Waals surface area contributed by atoms with E-state index in [0.29, 0.717) is 26.2 Å². The first-order valence-corrected chi connectivity index (χ1v) is 6.18. The fourth-order valence-corrected chi connectivity index (χ4v) is 2.12. The molecule has 1 aliphatic heterocycles. The Hall–Kier alpha value is -1.89. The summed E-state index contributed by atoms with van der Waals surface area (Å²) in [7, 11) is 1.58. The highest BCUT2D eigenvalue weighted by Crippen LogP contribution is 2.20. The van der Waals surface area contributed by atoms with E-state index in [4.69, 9.17) is 4.74 Å². The van der Waals surface area contributed by atoms with E-state index in [-0.39, 0.29) is 11.8 Å². The largest absolute Gasteiger partial charge is 0.383 e. The molecule has 7 heteroatoms. The Morgan fingerprint density at radius 3 is 3.05 bits per heavy atom. The van der Waals surface area contributed by atoms with Crippen LogP contribution in [0.3, 0.4) is 0 Å². The number of amides is 2. The molecule has 19 heavy (non-hydrogen) atoms. The first kappa shape index (κ1) is 13.5. The number of rotatable bonds is 4. The lowest BCUT2D eigenvalue weighted by molar-refractivity contribution is -0.133. The highest BCUT2D eigenvalue weighted by Gasteiger charge is 2.31. The molecule has 0 spiro atoms. The van der Waals surface area contributed by atoms with Crippen LogP contribution in [-0.2, 0) is 20.9 Å². The maximum absolute atomic E-state index is 12.1. The molecule has 1 atom stereocenters. The minimum Gasteiger partial charge on any atom is -0.383 e. The second-order valence-corrected chi connectivity index (χ2v) is 4.47. The average Bonchev–Trinajstić information content (AvgIpc) is 2.85. The minimum atomic E-state index is -0.473. The number of hydrogen-bond donors (Lipinski definition) is 1. The van der Waals surface area contributed by atoms with E-state index < -0.39 is 6.04 Å². The molecule has 2 rings (SSSR count). The summed E-state index contributed by atoms with van der Waals surface area (Å²) in [4.78, 5) is 25.3. The Morgan fingerprint density at radius 2 is 2.37 bits per heavy atom. The van der Waals surface area contributed by atoms with Gasteiger partial charge in [0.1, 0.15) is 6.04 Å². The van der Waals surface area contributed by atoms with Gasteiger partial charge >= 0.3 is 0 Å². The van der Waals surface area contributed by atoms with Gasteiger partial charge in [0.05, 0.1) is 25.4 Å². The monoisotopic (exact) mass is 266 g/mol. The van der Waals surface area contributed by atoms with Crippen LogP contribution in [0.25, 0.3) is 0 Å². The molecule has 7 nitrogen and oxygen atoms in total. The van der Waals surface area contributed by atoms with E-state index in [0.717, 1.165) is 5.69 Å². The summed E-state index contributed by atoms with van der Waals surface area (Å²) >= 11 is 0. The third kappa shape index (κ3) is 2.93. The molecule has 0 fully saturated rings. The molecule has 1 aromatic rings. The van der Waals surface area contributed by atoms with Crippen molar-refractivity contribution in [1.82, 2.24) is 20.0 Å². The molecule has 2 amide bonds. The van der Waals surface area contributed by atoms with E-state index in [1.165, 1.54) is 6.92 Å². The predicted molar refractivity (Wildman–Crippen MR) is 67.2 cm³/mol. The van der Waals surface area contributed by atoms with Crippen LogP contribution in [0.1, 0.15) is 18.7 Å². The molecule has 1 aliphatic rings. The van der Waals surface area contributed by atoms with Crippen molar-refractivity contribution in [3.63, 3.8) is 0 Å². The third-order valence-corrected chi connectivity index (χ3v) is 3.15. The lowest BCUT2D eigenvalue weighted by atomic mass is 10.1. The maximum atomic E-state index is 12.1. The fourth-order valence-electron chi connectivity index (χ4n) is 2.12. The molecule has 2 heterocycles. The van der Waals surface area contributed by atoms with E-state index in [1.54, 1.807) is 22.9 Å². The summed E-state index contributed by atoms with van der Waals surface area (Å²) in [6.07, 6.45) is 1.65. The van der Waals surface area contributed by atoms with Crippen LogP contribution in [0.4, 0.5) is 0 Å². The number of carbonyl (C=O) groups is 2. The molecule has 0 radical (unpaired) electrons. The SMILES string of the molecule is COCCNC(=O)[C@@H]1CN(C(C)=O)Cc2ccnn21. The summed E-state index contributed by atoms with van der Waals surface area (Å²) in [5, 5.41) is 6.95. The fraction of sp³-hybridized carbons (Fsp3) is 0.583. The molecular formula is C12H18N4O3. The van der Waals surface area contributed by atoms with Gasteiger partial charge in [0, 0.05) is 26.8 Å². The van der Waals surface area contributed by atoms with Gasteiger partial charge in [-0.2, -0.15) is 5.10 Å². The van der Waals surface area contributed by atoms with Crippen molar-refractivity contribution in [1.29, 1.82) is 0 Å². The number of fused-ring (bicyclic) bond motifs is 1. The lowest BCUT2D eigenvalue weighted by Crippen LogP contribution is -2.46. The second kappa shape index (κ2) is 5.83. The Morgan fingerprint density at radius 1 is 1.58 bits per heavy atom. The highest BCUT2D eigenvalue weighted by molar-refractivity contribution is 5.82. The number of ether oxygens (including phenoxy) is 1. The second-order valence-electron chi connectivity index (χ2n) is 4.47. The standard InChI is InChI=1S/C12H18N4O3/c1-9(17)15-7-10-3-4-14-16(10)11(8-15)12(18)13-5-6-19-2/h3-4,11H,5-8H2,1-2H3,(H,13,18)/t11-/m0/s1. The summed E-state index contributed by atoms with van der Waals surface area (Å²) in [6.45, 7) is 3.26. The van der Waals surface area contributed by atoms with Crippen molar-refractivity contribution in [3.05, 3.63) is 18.0 Å². The Bertz CT molecular complexity index is 471. The van der Waals surface area contributed by atoms with Gasteiger partial charge in [0.25, 0.3) is 0 Å². The molecule has 0 saturated heterocycles. The molecule has 0 unspecified atom stereocenters. The summed E-state index contributed by atoms with van der Waals surface area (Å²) in [6, 6.07) is 1.35. The van der Waals surface area contributed by atoms with E-state index in [9.17, 15) is 9.59 Å². The summed E-state index contributed by atoms with van der Waals surface area (Å²) < 4.78 is 6.57. The number of carbonyl (C=O) groups excluding carboxylic acids is 2. The normalized spacial score (nSPS) is 18.0. The van der Waals surface area contributed by atoms with Crippen LogP contribution in [0.2, 0.25) is 0 Å². The zero-order valence-corrected chi connectivity index (χ0v) is 11.1. The number of aromatic nitrogens is 2. The van der Waals surface area contributed by atoms with Crippen LogP contribution in [0, 0.1) is 0 Å². The summed E-state index contributed by atoms with van der Waals surface area (Å²) in [5.74, 6) is -0.185. The predicted octanol–water partition coefficient (Wildman–Crippen LogP) is -0.451. The van der Waals surface area contributed by atoms with Gasteiger partial charge in [-0.05, 0) is 6.07 Å². The smallest absolute Gasteiger partial charge is 0.246 e. The van der Waals surface area contributed by atoms with Crippen LogP contribution in [0.5, 0.6) is 0 Å². The molecule has 0 aromatic carbocycles. The van der Waals surface area contributed by atoms with Crippen molar-refractivity contribution < 1.29 is 14.3 Å². The van der Waals surface area contributed by atoms with Crippen LogP contribution in [-0.4, -0.2) is 53.3 Å². The van der Waals surface area contributed by atoms with Gasteiger partial charge in [-0.1, -0.05) is 0 Å². The first-order chi connectivity index (χ1) is 9.13. The van der Waals surface area contributed by atoms with Gasteiger partial charge in [0.15, 0.2) is 0 Å². The third-order valence-electron chi connectivity index (χ3n) is 3.15. The van der Waals surface area contributed by atoms with Crippen molar-refractivity contribution in [2.45, 2.75) is 19.5 Å². The van der Waals surface area contributed by atoms with Gasteiger partial charge < -0.3 is 15.0 Å². The number of nitrogens with zero attached hydrogens (tertiary/aromatic N) is 3. The highest BCUT2D eigenvalue weighted by atomic mass is 16.5. The first-order valence-electron chi connectivity index (χ1n) is 6.18. The van der Waals surface area contributed by atoms with Crippen molar-refractivity contribution in [2.24, 2.45) is 0 Å². The number of methoxy groups -OCH3 is 1. The van der Waals surface area contributed by atoms with E-state index in [1.807, 2.05) is 6.07 Å². The summed E-state index contributed by atoms with van der Waals surface area (Å²) in [5.41, 5.74) is 0.869. The molecule has 1 N–H and O–H groups in total.